The van der Waals surface area contributed by atoms with Gasteiger partial charge in [0.1, 0.15) is 10.6 Å². The van der Waals surface area contributed by atoms with Gasteiger partial charge in [0.25, 0.3) is 5.91 Å². The Labute approximate surface area is 213 Å². The number of carbonyl (C=O) groups excluding carboxylic acids is 1. The number of anilines is 1. The minimum atomic E-state index is -4.71. The average molecular weight is 537 g/mol. The minimum absolute atomic E-state index is 0.0343. The molecule has 1 fully saturated rings. The number of benzene rings is 2. The van der Waals surface area contributed by atoms with Crippen molar-refractivity contribution in [2.45, 2.75) is 50.3 Å². The van der Waals surface area contributed by atoms with Gasteiger partial charge < -0.3 is 18.4 Å². The lowest BCUT2D eigenvalue weighted by Crippen LogP contribution is -2.32. The van der Waals surface area contributed by atoms with Gasteiger partial charge in [-0.3, -0.25) is 4.79 Å². The number of amides is 1. The number of halogens is 3. The Hall–Kier alpha value is -3.47. The van der Waals surface area contributed by atoms with Crippen molar-refractivity contribution in [2.24, 2.45) is 0 Å². The van der Waals surface area contributed by atoms with Crippen molar-refractivity contribution >= 4 is 21.7 Å². The predicted octanol–water partition coefficient (Wildman–Crippen LogP) is 5.72. The summed E-state index contributed by atoms with van der Waals surface area (Å²) in [7, 11) is -4.62. The molecular formula is C26H27F3N2O5S. The molecule has 1 heterocycles. The fourth-order valence-electron chi connectivity index (χ4n) is 4.01. The molecule has 1 saturated carbocycles. The van der Waals surface area contributed by atoms with E-state index in [1.807, 2.05) is 18.7 Å². The number of hydrogen-bond acceptors (Lipinski definition) is 6. The van der Waals surface area contributed by atoms with Crippen molar-refractivity contribution in [3.05, 3.63) is 77.7 Å². The second kappa shape index (κ2) is 10.5. The van der Waals surface area contributed by atoms with Gasteiger partial charge in [-0.1, -0.05) is 12.1 Å². The van der Waals surface area contributed by atoms with Gasteiger partial charge >= 0.3 is 16.3 Å². The van der Waals surface area contributed by atoms with Crippen LogP contribution >= 0.6 is 0 Å². The van der Waals surface area contributed by atoms with E-state index in [-0.39, 0.29) is 30.0 Å². The monoisotopic (exact) mass is 536 g/mol. The summed E-state index contributed by atoms with van der Waals surface area (Å²) in [6.45, 7) is 5.19. The summed E-state index contributed by atoms with van der Waals surface area (Å²) >= 11 is 0. The minimum Gasteiger partial charge on any atom is -0.459 e. The quantitative estimate of drug-likeness (QED) is 0.309. The van der Waals surface area contributed by atoms with E-state index in [0.717, 1.165) is 31.0 Å². The molecule has 1 aliphatic rings. The van der Waals surface area contributed by atoms with E-state index in [4.69, 9.17) is 8.60 Å². The molecule has 4 rings (SSSR count). The molecule has 198 valence electrons. The van der Waals surface area contributed by atoms with Gasteiger partial charge in [-0.25, -0.2) is 0 Å². The topological polar surface area (TPSA) is 80.1 Å². The molecular weight excluding hydrogens is 509 g/mol. The fraction of sp³-hybridized carbons (Fsp3) is 0.346. The van der Waals surface area contributed by atoms with Crippen LogP contribution in [-0.2, 0) is 22.8 Å². The van der Waals surface area contributed by atoms with E-state index >= 15 is 0 Å². The third-order valence-corrected chi connectivity index (χ3v) is 7.38. The Morgan fingerprint density at radius 3 is 2.38 bits per heavy atom. The van der Waals surface area contributed by atoms with Crippen LogP contribution in [0.4, 0.5) is 18.9 Å². The molecule has 0 saturated heterocycles. The van der Waals surface area contributed by atoms with E-state index in [1.165, 1.54) is 12.3 Å². The summed E-state index contributed by atoms with van der Waals surface area (Å²) < 4.78 is 76.5. The van der Waals surface area contributed by atoms with E-state index < -0.39 is 26.8 Å². The van der Waals surface area contributed by atoms with Crippen molar-refractivity contribution in [3.8, 4) is 5.75 Å². The molecule has 0 unspecified atom stereocenters. The first-order chi connectivity index (χ1) is 17.5. The van der Waals surface area contributed by atoms with Crippen LogP contribution in [0.25, 0.3) is 0 Å². The third-order valence-electron chi connectivity index (χ3n) is 6.15. The maximum atomic E-state index is 13.2. The van der Waals surface area contributed by atoms with Crippen LogP contribution < -0.4 is 9.08 Å². The average Bonchev–Trinajstić information content (AvgIpc) is 3.55. The van der Waals surface area contributed by atoms with Crippen LogP contribution in [0.3, 0.4) is 0 Å². The van der Waals surface area contributed by atoms with E-state index in [9.17, 15) is 26.4 Å². The Morgan fingerprint density at radius 2 is 1.78 bits per heavy atom. The smallest absolute Gasteiger partial charge is 0.416 e. The zero-order chi connectivity index (χ0) is 26.8. The van der Waals surface area contributed by atoms with E-state index in [2.05, 4.69) is 0 Å². The molecule has 1 amide bonds. The van der Waals surface area contributed by atoms with E-state index in [1.54, 1.807) is 29.2 Å². The Kier molecular flexibility index (Phi) is 7.54. The highest BCUT2D eigenvalue weighted by Gasteiger charge is 2.35. The molecule has 0 atom stereocenters. The zero-order valence-electron chi connectivity index (χ0n) is 20.4. The van der Waals surface area contributed by atoms with Crippen LogP contribution in [0.1, 0.15) is 48.4 Å². The zero-order valence-corrected chi connectivity index (χ0v) is 21.2. The van der Waals surface area contributed by atoms with Crippen molar-refractivity contribution in [1.29, 1.82) is 0 Å². The molecule has 0 spiro atoms. The highest BCUT2D eigenvalue weighted by molar-refractivity contribution is 7.87. The summed E-state index contributed by atoms with van der Waals surface area (Å²) in [5.41, 5.74) is -0.0187. The molecule has 0 N–H and O–H groups in total. The van der Waals surface area contributed by atoms with Gasteiger partial charge in [-0.15, -0.1) is 0 Å². The van der Waals surface area contributed by atoms with Gasteiger partial charge in [-0.05, 0) is 63.1 Å². The van der Waals surface area contributed by atoms with E-state index in [0.29, 0.717) is 30.4 Å². The molecule has 0 bridgehead atoms. The van der Waals surface area contributed by atoms with Gasteiger partial charge in [-0.2, -0.15) is 21.6 Å². The maximum Gasteiger partial charge on any atom is 0.416 e. The predicted molar refractivity (Wildman–Crippen MR) is 131 cm³/mol. The summed E-state index contributed by atoms with van der Waals surface area (Å²) in [5.74, 6) is -0.238. The lowest BCUT2D eigenvalue weighted by Gasteiger charge is -2.25. The number of alkyl halides is 3. The normalized spacial score (nSPS) is 13.9. The number of furan rings is 1. The third kappa shape index (κ3) is 6.10. The Balaban J connectivity index is 1.71. The molecule has 1 aliphatic carbocycles. The van der Waals surface area contributed by atoms with Crippen LogP contribution in [-0.4, -0.2) is 38.4 Å². The van der Waals surface area contributed by atoms with Crippen LogP contribution in [0.2, 0.25) is 0 Å². The van der Waals surface area contributed by atoms with Crippen molar-refractivity contribution in [2.75, 3.05) is 18.0 Å². The lowest BCUT2D eigenvalue weighted by atomic mass is 10.1. The van der Waals surface area contributed by atoms with Crippen LogP contribution in [0.15, 0.2) is 70.2 Å². The summed E-state index contributed by atoms with van der Waals surface area (Å²) in [4.78, 5) is 16.0. The highest BCUT2D eigenvalue weighted by Crippen LogP contribution is 2.35. The lowest BCUT2D eigenvalue weighted by molar-refractivity contribution is -0.137. The van der Waals surface area contributed by atoms with Crippen LogP contribution in [0.5, 0.6) is 5.75 Å². The number of carbonyl (C=O) groups is 1. The largest absolute Gasteiger partial charge is 0.459 e. The Morgan fingerprint density at radius 1 is 1.05 bits per heavy atom. The molecule has 0 radical (unpaired) electrons. The number of hydrogen-bond donors (Lipinski definition) is 0. The summed E-state index contributed by atoms with van der Waals surface area (Å²) in [6, 6.07) is 11.5. The molecule has 2 aromatic carbocycles. The molecule has 3 aromatic rings. The molecule has 0 aliphatic heterocycles. The second-order valence-corrected chi connectivity index (χ2v) is 10.2. The Bertz CT molecular complexity index is 1350. The first-order valence-electron chi connectivity index (χ1n) is 11.9. The first-order valence-corrected chi connectivity index (χ1v) is 13.3. The molecule has 1 aromatic heterocycles. The highest BCUT2D eigenvalue weighted by atomic mass is 32.2. The fourth-order valence-corrected chi connectivity index (χ4v) is 5.01. The van der Waals surface area contributed by atoms with Gasteiger partial charge in [0.05, 0.1) is 18.4 Å². The maximum absolute atomic E-state index is 13.2. The first kappa shape index (κ1) is 26.6. The van der Waals surface area contributed by atoms with Crippen molar-refractivity contribution < 1.29 is 35.0 Å². The molecule has 7 nitrogen and oxygen atoms in total. The van der Waals surface area contributed by atoms with Crippen molar-refractivity contribution in [3.63, 3.8) is 0 Å². The number of rotatable bonds is 10. The second-order valence-electron chi connectivity index (χ2n) is 8.67. The summed E-state index contributed by atoms with van der Waals surface area (Å²) in [6.07, 6.45) is -1.73. The van der Waals surface area contributed by atoms with Crippen LogP contribution in [0, 0.1) is 0 Å². The number of nitrogens with zero attached hydrogens (tertiary/aromatic N) is 2. The van der Waals surface area contributed by atoms with Gasteiger partial charge in [0.2, 0.25) is 0 Å². The summed E-state index contributed by atoms with van der Waals surface area (Å²) in [5, 5.41) is 0. The SMILES string of the molecule is CCN(CC)c1ccc(CN(C(=O)c2ccco2)C2CC2)c(OS(=O)(=O)c2cccc(C(F)(F)F)c2)c1. The molecule has 11 heteroatoms. The van der Waals surface area contributed by atoms with Gasteiger partial charge in [0.15, 0.2) is 5.76 Å². The standard InChI is InChI=1S/C26H27F3N2O5S/c1-3-30(4-2)21-11-10-18(17-31(20-12-13-20)25(32)23-9-6-14-35-23)24(16-21)36-37(33,34)22-8-5-7-19(15-22)26(27,28)29/h5-11,14-16,20H,3-4,12-13,17H2,1-2H3. The van der Waals surface area contributed by atoms with Crippen molar-refractivity contribution in [1.82, 2.24) is 4.90 Å². The molecule has 37 heavy (non-hydrogen) atoms. The van der Waals surface area contributed by atoms with Gasteiger partial charge in [0, 0.05) is 36.4 Å².